The highest BCUT2D eigenvalue weighted by Crippen LogP contribution is 2.26. The van der Waals surface area contributed by atoms with E-state index in [2.05, 4.69) is 21.2 Å². The van der Waals surface area contributed by atoms with Gasteiger partial charge in [0.25, 0.3) is 5.91 Å². The second-order valence-electron chi connectivity index (χ2n) is 4.33. The number of ether oxygens (including phenoxy) is 1. The van der Waals surface area contributed by atoms with Gasteiger partial charge in [-0.3, -0.25) is 4.79 Å². The predicted molar refractivity (Wildman–Crippen MR) is 89.3 cm³/mol. The minimum atomic E-state index is -0.666. The van der Waals surface area contributed by atoms with Crippen LogP contribution in [-0.4, -0.2) is 12.0 Å². The van der Waals surface area contributed by atoms with Crippen molar-refractivity contribution in [1.29, 1.82) is 0 Å². The van der Waals surface area contributed by atoms with Gasteiger partial charge in [0.05, 0.1) is 10.7 Å². The highest BCUT2D eigenvalue weighted by molar-refractivity contribution is 9.10. The van der Waals surface area contributed by atoms with Crippen LogP contribution < -0.4 is 10.1 Å². The van der Waals surface area contributed by atoms with E-state index in [1.807, 2.05) is 12.1 Å². The van der Waals surface area contributed by atoms with Gasteiger partial charge in [-0.25, -0.2) is 0 Å². The number of benzene rings is 2. The maximum Gasteiger partial charge on any atom is 0.265 e. The third kappa shape index (κ3) is 4.63. The molecular formula is C15H12BrCl2NO2. The minimum absolute atomic E-state index is 0.304. The van der Waals surface area contributed by atoms with Gasteiger partial charge in [0.15, 0.2) is 6.10 Å². The Hall–Kier alpha value is -1.23. The molecule has 0 aromatic heterocycles. The topological polar surface area (TPSA) is 38.3 Å². The van der Waals surface area contributed by atoms with Crippen LogP contribution in [0.2, 0.25) is 10.0 Å². The Bertz CT molecular complexity index is 647. The van der Waals surface area contributed by atoms with Crippen LogP contribution in [0.5, 0.6) is 5.75 Å². The Morgan fingerprint density at radius 3 is 2.52 bits per heavy atom. The van der Waals surface area contributed by atoms with Crippen LogP contribution in [0.15, 0.2) is 46.9 Å². The van der Waals surface area contributed by atoms with Crippen molar-refractivity contribution in [3.63, 3.8) is 0 Å². The Labute approximate surface area is 141 Å². The molecule has 0 heterocycles. The van der Waals surface area contributed by atoms with Crippen LogP contribution in [0.25, 0.3) is 0 Å². The van der Waals surface area contributed by atoms with Gasteiger partial charge in [0, 0.05) is 9.50 Å². The third-order valence-electron chi connectivity index (χ3n) is 2.68. The lowest BCUT2D eigenvalue weighted by molar-refractivity contribution is -0.122. The van der Waals surface area contributed by atoms with Gasteiger partial charge >= 0.3 is 0 Å². The van der Waals surface area contributed by atoms with Crippen molar-refractivity contribution in [2.75, 3.05) is 5.32 Å². The molecular weight excluding hydrogens is 377 g/mol. The molecule has 0 aliphatic rings. The average Bonchev–Trinajstić information content (AvgIpc) is 2.45. The summed E-state index contributed by atoms with van der Waals surface area (Å²) in [6, 6.07) is 12.1. The number of hydrogen-bond acceptors (Lipinski definition) is 2. The maximum absolute atomic E-state index is 12.1. The second-order valence-corrected chi connectivity index (χ2v) is 6.09. The van der Waals surface area contributed by atoms with Crippen molar-refractivity contribution in [3.8, 4) is 5.75 Å². The molecule has 1 amide bonds. The molecule has 6 heteroatoms. The molecule has 1 atom stereocenters. The molecule has 0 aliphatic heterocycles. The monoisotopic (exact) mass is 387 g/mol. The molecule has 0 fully saturated rings. The van der Waals surface area contributed by atoms with Gasteiger partial charge in [-0.15, -0.1) is 0 Å². The van der Waals surface area contributed by atoms with Crippen molar-refractivity contribution in [2.24, 2.45) is 0 Å². The second kappa shape index (κ2) is 7.16. The number of anilines is 1. The van der Waals surface area contributed by atoms with E-state index >= 15 is 0 Å². The first-order chi connectivity index (χ1) is 9.95. The fraction of sp³-hybridized carbons (Fsp3) is 0.133. The van der Waals surface area contributed by atoms with E-state index in [4.69, 9.17) is 27.9 Å². The minimum Gasteiger partial charge on any atom is -0.481 e. The summed E-state index contributed by atoms with van der Waals surface area (Å²) in [6.45, 7) is 1.66. The maximum atomic E-state index is 12.1. The van der Waals surface area contributed by atoms with Crippen molar-refractivity contribution >= 4 is 50.7 Å². The number of hydrogen-bond donors (Lipinski definition) is 1. The van der Waals surface area contributed by atoms with Gasteiger partial charge in [-0.05, 0) is 49.4 Å². The van der Waals surface area contributed by atoms with E-state index in [1.54, 1.807) is 37.3 Å². The lowest BCUT2D eigenvalue weighted by atomic mass is 10.3. The van der Waals surface area contributed by atoms with Crippen LogP contribution in [0, 0.1) is 0 Å². The highest BCUT2D eigenvalue weighted by atomic mass is 79.9. The standard InChI is InChI=1S/C15H12BrCl2NO2/c1-9(21-12-5-2-10(16)3-6-12)15(20)19-14-8-11(17)4-7-13(14)18/h2-9H,1H3,(H,19,20)/t9-/m1/s1. The normalized spacial score (nSPS) is 11.8. The number of halogens is 3. The summed E-state index contributed by atoms with van der Waals surface area (Å²) in [5, 5.41) is 3.61. The average molecular weight is 389 g/mol. The summed E-state index contributed by atoms with van der Waals surface area (Å²) in [5.41, 5.74) is 0.459. The highest BCUT2D eigenvalue weighted by Gasteiger charge is 2.16. The SMILES string of the molecule is C[C@@H](Oc1ccc(Br)cc1)C(=O)Nc1cc(Cl)ccc1Cl. The van der Waals surface area contributed by atoms with Crippen LogP contribution in [0.4, 0.5) is 5.69 Å². The van der Waals surface area contributed by atoms with E-state index < -0.39 is 6.10 Å². The fourth-order valence-electron chi connectivity index (χ4n) is 1.60. The molecule has 2 rings (SSSR count). The van der Waals surface area contributed by atoms with Crippen LogP contribution in [-0.2, 0) is 4.79 Å². The zero-order chi connectivity index (χ0) is 15.4. The molecule has 2 aromatic rings. The fourth-order valence-corrected chi connectivity index (χ4v) is 2.20. The molecule has 3 nitrogen and oxygen atoms in total. The van der Waals surface area contributed by atoms with Crippen LogP contribution >= 0.6 is 39.1 Å². The smallest absolute Gasteiger partial charge is 0.265 e. The molecule has 21 heavy (non-hydrogen) atoms. The molecule has 1 N–H and O–H groups in total. The van der Waals surface area contributed by atoms with E-state index in [0.29, 0.717) is 21.5 Å². The summed E-state index contributed by atoms with van der Waals surface area (Å²) in [4.78, 5) is 12.1. The zero-order valence-corrected chi connectivity index (χ0v) is 14.2. The Morgan fingerprint density at radius 2 is 1.86 bits per heavy atom. The Balaban J connectivity index is 2.02. The van der Waals surface area contributed by atoms with Crippen molar-refractivity contribution in [2.45, 2.75) is 13.0 Å². The summed E-state index contributed by atoms with van der Waals surface area (Å²) in [7, 11) is 0. The number of carbonyl (C=O) groups is 1. The van der Waals surface area contributed by atoms with Gasteiger partial charge < -0.3 is 10.1 Å². The molecule has 0 saturated heterocycles. The molecule has 0 saturated carbocycles. The van der Waals surface area contributed by atoms with Gasteiger partial charge in [0.2, 0.25) is 0 Å². The first kappa shape index (κ1) is 16.1. The molecule has 0 unspecified atom stereocenters. The van der Waals surface area contributed by atoms with E-state index in [0.717, 1.165) is 4.47 Å². The molecule has 0 radical (unpaired) electrons. The van der Waals surface area contributed by atoms with Crippen LogP contribution in [0.3, 0.4) is 0 Å². The van der Waals surface area contributed by atoms with E-state index in [-0.39, 0.29) is 5.91 Å². The number of amides is 1. The number of rotatable bonds is 4. The largest absolute Gasteiger partial charge is 0.481 e. The summed E-state index contributed by atoms with van der Waals surface area (Å²) in [5.74, 6) is 0.306. The van der Waals surface area contributed by atoms with Gasteiger partial charge in [0.1, 0.15) is 5.75 Å². The molecule has 110 valence electrons. The van der Waals surface area contributed by atoms with Gasteiger partial charge in [-0.2, -0.15) is 0 Å². The van der Waals surface area contributed by atoms with Gasteiger partial charge in [-0.1, -0.05) is 39.1 Å². The molecule has 0 aliphatic carbocycles. The predicted octanol–water partition coefficient (Wildman–Crippen LogP) is 5.16. The van der Waals surface area contributed by atoms with Crippen molar-refractivity contribution in [1.82, 2.24) is 0 Å². The van der Waals surface area contributed by atoms with E-state index in [9.17, 15) is 4.79 Å². The molecule has 0 bridgehead atoms. The van der Waals surface area contributed by atoms with Crippen molar-refractivity contribution in [3.05, 3.63) is 57.0 Å². The molecule has 2 aromatic carbocycles. The summed E-state index contributed by atoms with van der Waals surface area (Å²) in [6.07, 6.45) is -0.666. The Morgan fingerprint density at radius 1 is 1.19 bits per heavy atom. The zero-order valence-electron chi connectivity index (χ0n) is 11.1. The number of nitrogens with one attached hydrogen (secondary N) is 1. The quantitative estimate of drug-likeness (QED) is 0.785. The number of carbonyl (C=O) groups excluding carboxylic acids is 1. The Kier molecular flexibility index (Phi) is 5.51. The first-order valence-corrected chi connectivity index (χ1v) is 7.69. The third-order valence-corrected chi connectivity index (χ3v) is 3.78. The first-order valence-electron chi connectivity index (χ1n) is 6.14. The molecule has 0 spiro atoms. The lowest BCUT2D eigenvalue weighted by Crippen LogP contribution is -2.30. The lowest BCUT2D eigenvalue weighted by Gasteiger charge is -2.15. The summed E-state index contributed by atoms with van der Waals surface area (Å²) >= 11 is 15.2. The van der Waals surface area contributed by atoms with Crippen LogP contribution in [0.1, 0.15) is 6.92 Å². The van der Waals surface area contributed by atoms with E-state index in [1.165, 1.54) is 0 Å². The summed E-state index contributed by atoms with van der Waals surface area (Å²) < 4.78 is 6.51. The van der Waals surface area contributed by atoms with Crippen molar-refractivity contribution < 1.29 is 9.53 Å².